The Morgan fingerprint density at radius 2 is 1.87 bits per heavy atom. The molecule has 1 unspecified atom stereocenters. The van der Waals surface area contributed by atoms with E-state index in [-0.39, 0.29) is 22.8 Å². The van der Waals surface area contributed by atoms with Gasteiger partial charge in [0.05, 0.1) is 35.3 Å². The lowest BCUT2D eigenvalue weighted by molar-refractivity contribution is -0.910. The van der Waals surface area contributed by atoms with Crippen LogP contribution in [0.1, 0.15) is 5.56 Å². The number of aliphatic hydroxyl groups excluding tert-OH is 1. The zero-order valence-corrected chi connectivity index (χ0v) is 17.5. The Hall–Kier alpha value is -2.53. The Balaban J connectivity index is 1.92. The molecule has 0 spiro atoms. The van der Waals surface area contributed by atoms with Gasteiger partial charge in [-0.1, -0.05) is 23.8 Å². The van der Waals surface area contributed by atoms with Gasteiger partial charge in [0.1, 0.15) is 25.7 Å². The van der Waals surface area contributed by atoms with Crippen molar-refractivity contribution < 1.29 is 28.1 Å². The molecule has 1 atom stereocenters. The van der Waals surface area contributed by atoms with Crippen LogP contribution in [0.4, 0.5) is 11.4 Å². The lowest BCUT2D eigenvalue weighted by Gasteiger charge is -2.30. The molecule has 0 aromatic heterocycles. The third kappa shape index (κ3) is 5.33. The molecule has 0 radical (unpaired) electrons. The highest BCUT2D eigenvalue weighted by atomic mass is 32.2. The van der Waals surface area contributed by atoms with Crippen LogP contribution in [-0.2, 0) is 14.8 Å². The highest BCUT2D eigenvalue weighted by Gasteiger charge is 2.30. The summed E-state index contributed by atoms with van der Waals surface area (Å²) in [4.78, 5) is 11.8. The molecule has 9 nitrogen and oxygen atoms in total. The first-order valence-corrected chi connectivity index (χ1v) is 11.1. The maximum atomic E-state index is 13.4. The molecule has 0 saturated carbocycles. The molecular weight excluding hydrogens is 410 g/mol. The van der Waals surface area contributed by atoms with Crippen molar-refractivity contribution >= 4 is 21.4 Å². The van der Waals surface area contributed by atoms with Crippen LogP contribution in [0.3, 0.4) is 0 Å². The Labute approximate surface area is 175 Å². The van der Waals surface area contributed by atoms with Crippen molar-refractivity contribution in [1.29, 1.82) is 0 Å². The third-order valence-electron chi connectivity index (χ3n) is 5.04. The summed E-state index contributed by atoms with van der Waals surface area (Å²) in [6.07, 6.45) is -0.947. The number of hydrogen-bond donors (Lipinski definition) is 2. The summed E-state index contributed by atoms with van der Waals surface area (Å²) in [5.74, 6) is 0. The number of nitro benzene ring substituents is 1. The minimum absolute atomic E-state index is 0.0607. The van der Waals surface area contributed by atoms with Gasteiger partial charge in [0.25, 0.3) is 15.7 Å². The molecule has 1 fully saturated rings. The summed E-state index contributed by atoms with van der Waals surface area (Å²) in [5, 5.41) is 21.9. The first-order chi connectivity index (χ1) is 14.3. The van der Waals surface area contributed by atoms with Crippen LogP contribution < -0.4 is 9.21 Å². The van der Waals surface area contributed by atoms with Crippen molar-refractivity contribution in [1.82, 2.24) is 0 Å². The van der Waals surface area contributed by atoms with Crippen LogP contribution >= 0.6 is 0 Å². The van der Waals surface area contributed by atoms with Crippen LogP contribution in [0, 0.1) is 17.0 Å². The molecule has 0 bridgehead atoms. The molecule has 1 aliphatic rings. The minimum Gasteiger partial charge on any atom is -0.385 e. The number of rotatable bonds is 8. The summed E-state index contributed by atoms with van der Waals surface area (Å²) in [7, 11) is -4.03. The van der Waals surface area contributed by atoms with Crippen molar-refractivity contribution in [3.05, 3.63) is 64.2 Å². The van der Waals surface area contributed by atoms with E-state index in [4.69, 9.17) is 4.74 Å². The molecule has 162 valence electrons. The van der Waals surface area contributed by atoms with Gasteiger partial charge in [-0.05, 0) is 25.1 Å². The maximum absolute atomic E-state index is 13.4. The number of aliphatic hydroxyl groups is 1. The number of anilines is 1. The summed E-state index contributed by atoms with van der Waals surface area (Å²) >= 11 is 0. The van der Waals surface area contributed by atoms with E-state index in [1.165, 1.54) is 36.4 Å². The Morgan fingerprint density at radius 1 is 1.20 bits per heavy atom. The van der Waals surface area contributed by atoms with Crippen LogP contribution in [0.25, 0.3) is 0 Å². The number of benzene rings is 2. The highest BCUT2D eigenvalue weighted by molar-refractivity contribution is 7.92. The predicted octanol–water partition coefficient (Wildman–Crippen LogP) is 0.375. The average molecular weight is 437 g/mol. The maximum Gasteiger partial charge on any atom is 0.271 e. The molecule has 1 saturated heterocycles. The SMILES string of the molecule is Cc1ccc(S(=O)(=O)N(CC(O)C[NH+]2CCOCC2)c2cccc([N+](=O)[O-])c2)cc1. The first-order valence-electron chi connectivity index (χ1n) is 9.70. The van der Waals surface area contributed by atoms with Gasteiger partial charge < -0.3 is 14.7 Å². The highest BCUT2D eigenvalue weighted by Crippen LogP contribution is 2.27. The van der Waals surface area contributed by atoms with E-state index >= 15 is 0 Å². The van der Waals surface area contributed by atoms with Gasteiger partial charge >= 0.3 is 0 Å². The quantitative estimate of drug-likeness (QED) is 0.457. The molecule has 1 aliphatic heterocycles. The van der Waals surface area contributed by atoms with Gasteiger partial charge in [0, 0.05) is 12.1 Å². The fourth-order valence-corrected chi connectivity index (χ4v) is 4.89. The monoisotopic (exact) mass is 436 g/mol. The normalized spacial score (nSPS) is 16.2. The third-order valence-corrected chi connectivity index (χ3v) is 6.85. The predicted molar refractivity (Wildman–Crippen MR) is 111 cm³/mol. The summed E-state index contributed by atoms with van der Waals surface area (Å²) in [5.41, 5.74) is 0.831. The molecular formula is C20H26N3O6S+. The zero-order chi connectivity index (χ0) is 21.7. The van der Waals surface area contributed by atoms with Crippen molar-refractivity contribution in [2.75, 3.05) is 43.7 Å². The van der Waals surface area contributed by atoms with Gasteiger partial charge in [-0.2, -0.15) is 0 Å². The number of aryl methyl sites for hydroxylation is 1. The fourth-order valence-electron chi connectivity index (χ4n) is 3.39. The zero-order valence-electron chi connectivity index (χ0n) is 16.7. The smallest absolute Gasteiger partial charge is 0.271 e. The molecule has 10 heteroatoms. The standard InChI is InChI=1S/C20H25N3O6S/c1-16-5-7-20(8-6-16)30(27,28)22(17-3-2-4-18(13-17)23(25)26)15-19(24)14-21-9-11-29-12-10-21/h2-8,13,19,24H,9-12,14-15H2,1H3/p+1. The van der Waals surface area contributed by atoms with Crippen LogP contribution in [0.2, 0.25) is 0 Å². The van der Waals surface area contributed by atoms with Gasteiger partial charge in [-0.25, -0.2) is 8.42 Å². The number of ether oxygens (including phenoxy) is 1. The van der Waals surface area contributed by atoms with Crippen molar-refractivity contribution in [2.24, 2.45) is 0 Å². The van der Waals surface area contributed by atoms with E-state index in [0.29, 0.717) is 19.8 Å². The average Bonchev–Trinajstić information content (AvgIpc) is 2.73. The second kappa shape index (κ2) is 9.52. The second-order valence-corrected chi connectivity index (χ2v) is 9.21. The largest absolute Gasteiger partial charge is 0.385 e. The number of nitro groups is 1. The first kappa shape index (κ1) is 22.2. The molecule has 0 amide bonds. The van der Waals surface area contributed by atoms with Gasteiger partial charge in [0.2, 0.25) is 0 Å². The Kier molecular flexibility index (Phi) is 7.03. The fraction of sp³-hybridized carbons (Fsp3) is 0.400. The molecule has 1 heterocycles. The molecule has 2 aromatic carbocycles. The summed E-state index contributed by atoms with van der Waals surface area (Å²) in [6.45, 7) is 4.66. The molecule has 2 N–H and O–H groups in total. The Morgan fingerprint density at radius 3 is 2.50 bits per heavy atom. The second-order valence-electron chi connectivity index (χ2n) is 7.35. The lowest BCUT2D eigenvalue weighted by Crippen LogP contribution is -3.15. The van der Waals surface area contributed by atoms with E-state index in [0.717, 1.165) is 27.9 Å². The number of nitrogens with one attached hydrogen (secondary N) is 1. The van der Waals surface area contributed by atoms with E-state index in [2.05, 4.69) is 0 Å². The van der Waals surface area contributed by atoms with Crippen LogP contribution in [0.5, 0.6) is 0 Å². The number of nitrogens with zero attached hydrogens (tertiary/aromatic N) is 2. The van der Waals surface area contributed by atoms with E-state index in [1.807, 2.05) is 6.92 Å². The van der Waals surface area contributed by atoms with Crippen LogP contribution in [-0.4, -0.2) is 63.9 Å². The van der Waals surface area contributed by atoms with Crippen molar-refractivity contribution in [2.45, 2.75) is 17.9 Å². The molecule has 30 heavy (non-hydrogen) atoms. The Bertz CT molecular complexity index is 974. The number of morpholine rings is 1. The molecule has 3 rings (SSSR count). The van der Waals surface area contributed by atoms with E-state index < -0.39 is 21.1 Å². The number of quaternary nitrogens is 1. The van der Waals surface area contributed by atoms with Gasteiger partial charge in [-0.15, -0.1) is 0 Å². The summed E-state index contributed by atoms with van der Waals surface area (Å²) < 4.78 is 33.1. The van der Waals surface area contributed by atoms with Crippen molar-refractivity contribution in [3.8, 4) is 0 Å². The van der Waals surface area contributed by atoms with Crippen molar-refractivity contribution in [3.63, 3.8) is 0 Å². The number of sulfonamides is 1. The van der Waals surface area contributed by atoms with E-state index in [1.54, 1.807) is 12.1 Å². The number of hydrogen-bond acceptors (Lipinski definition) is 6. The topological polar surface area (TPSA) is 114 Å². The number of non-ortho nitro benzene ring substituents is 1. The molecule has 2 aromatic rings. The lowest BCUT2D eigenvalue weighted by atomic mass is 10.2. The van der Waals surface area contributed by atoms with Gasteiger partial charge in [0.15, 0.2) is 0 Å². The van der Waals surface area contributed by atoms with Crippen LogP contribution in [0.15, 0.2) is 53.4 Å². The molecule has 0 aliphatic carbocycles. The van der Waals surface area contributed by atoms with E-state index in [9.17, 15) is 23.6 Å². The van der Waals surface area contributed by atoms with Gasteiger partial charge in [-0.3, -0.25) is 14.4 Å². The summed E-state index contributed by atoms with van der Waals surface area (Å²) in [6, 6.07) is 11.8. The minimum atomic E-state index is -4.03.